The zero-order valence-electron chi connectivity index (χ0n) is 35.5. The number of aromatic nitrogens is 4. The van der Waals surface area contributed by atoms with Crippen LogP contribution in [0.25, 0.3) is 33.0 Å². The number of methoxy groups -OCH3 is 4. The molecule has 5 aromatic rings. The monoisotopic (exact) mass is 897 g/mol. The topological polar surface area (TPSA) is 287 Å². The van der Waals surface area contributed by atoms with Crippen molar-refractivity contribution in [3.63, 3.8) is 0 Å². The van der Waals surface area contributed by atoms with Gasteiger partial charge in [-0.3, -0.25) is 19.2 Å². The summed E-state index contributed by atoms with van der Waals surface area (Å²) >= 11 is 0. The molecule has 0 unspecified atom stereocenters. The van der Waals surface area contributed by atoms with Crippen LogP contribution in [0.1, 0.15) is 48.7 Å². The highest BCUT2D eigenvalue weighted by Crippen LogP contribution is 2.39. The minimum Gasteiger partial charge on any atom is -0.481 e. The maximum atomic E-state index is 14.5. The first kappa shape index (κ1) is 48.0. The second-order valence-corrected chi connectivity index (χ2v) is 13.6. The molecule has 0 radical (unpaired) electrons. The van der Waals surface area contributed by atoms with Gasteiger partial charge in [-0.1, -0.05) is 18.6 Å². The zero-order valence-corrected chi connectivity index (χ0v) is 35.5. The van der Waals surface area contributed by atoms with Crippen LogP contribution in [-0.2, 0) is 56.0 Å². The lowest BCUT2D eigenvalue weighted by atomic mass is 10.0. The van der Waals surface area contributed by atoms with E-state index in [9.17, 15) is 28.8 Å². The number of esters is 2. The fraction of sp³-hybridized carbons (Fsp3) is 0.415. The number of pyridine rings is 1. The van der Waals surface area contributed by atoms with E-state index in [0.29, 0.717) is 17.3 Å². The molecular formula is C41H47N5O18. The summed E-state index contributed by atoms with van der Waals surface area (Å²) in [5, 5.41) is 19.5. The number of hydrogen-bond acceptors (Lipinski definition) is 19. The van der Waals surface area contributed by atoms with E-state index in [1.807, 2.05) is 6.92 Å². The number of hydrogen-bond donors (Lipinski definition) is 3. The van der Waals surface area contributed by atoms with E-state index in [1.165, 1.54) is 52.8 Å². The summed E-state index contributed by atoms with van der Waals surface area (Å²) in [6.07, 6.45) is 3.09. The molecule has 3 N–H and O–H groups in total. The Bertz CT molecular complexity index is 2550. The summed E-state index contributed by atoms with van der Waals surface area (Å²) in [5.41, 5.74) is -2.14. The summed E-state index contributed by atoms with van der Waals surface area (Å²) in [5.74, 6) is -3.67. The average Bonchev–Trinajstić information content (AvgIpc) is 3.73. The number of carbonyl (C=O) groups excluding carboxylic acids is 3. The lowest BCUT2D eigenvalue weighted by Crippen LogP contribution is -2.43. The van der Waals surface area contributed by atoms with Crippen molar-refractivity contribution in [3.05, 3.63) is 68.6 Å². The summed E-state index contributed by atoms with van der Waals surface area (Å²) in [4.78, 5) is 81.7. The molecule has 5 rings (SSSR count). The number of carboxylic acid groups (broad SMARTS) is 1. The van der Waals surface area contributed by atoms with Gasteiger partial charge in [0.25, 0.3) is 5.56 Å². The van der Waals surface area contributed by atoms with Crippen LogP contribution in [0.3, 0.4) is 0 Å². The van der Waals surface area contributed by atoms with Gasteiger partial charge in [0.2, 0.25) is 11.3 Å². The van der Waals surface area contributed by atoms with Gasteiger partial charge in [0.1, 0.15) is 42.3 Å². The maximum Gasteiger partial charge on any atom is 0.343 e. The van der Waals surface area contributed by atoms with E-state index in [0.717, 1.165) is 17.4 Å². The average molecular weight is 898 g/mol. The van der Waals surface area contributed by atoms with Crippen LogP contribution >= 0.6 is 0 Å². The third-order valence-corrected chi connectivity index (χ3v) is 8.96. The standard InChI is InChI=1S/C41H47N5O18/c1-6-7-10-58-40(52)27(8-9-34(48)49)42-33(47)16-46-15-24(44-45-46)17-60-41(53)36-35-31(14-32(63-21-56-4)38(36)64-22-57-5)59-18-26(37(35)50)25-11-23-12-29(61-19-54-2)30(62-20-55-3)13-28(23)43-39(25)51/h11-15,18,27H,6-10,16-17,19-22H2,1-5H3,(H,42,47)(H,43,51)(H,48,49)/t27-/m0/s1. The minimum atomic E-state index is -1.22. The molecule has 23 nitrogen and oxygen atoms in total. The number of ether oxygens (including phenoxy) is 10. The predicted octanol–water partition coefficient (Wildman–Crippen LogP) is 2.87. The molecule has 0 spiro atoms. The van der Waals surface area contributed by atoms with E-state index in [2.05, 4.69) is 20.6 Å². The number of aromatic amines is 1. The number of aliphatic carboxylic acids is 1. The molecule has 3 heterocycles. The van der Waals surface area contributed by atoms with E-state index >= 15 is 0 Å². The highest BCUT2D eigenvalue weighted by atomic mass is 16.7. The molecule has 3 aromatic heterocycles. The fourth-order valence-corrected chi connectivity index (χ4v) is 6.02. The van der Waals surface area contributed by atoms with Gasteiger partial charge in [-0.15, -0.1) is 5.10 Å². The fourth-order valence-electron chi connectivity index (χ4n) is 6.02. The number of unbranched alkanes of at least 4 members (excludes halogenated alkanes) is 1. The van der Waals surface area contributed by atoms with Crippen molar-refractivity contribution < 1.29 is 76.1 Å². The highest BCUT2D eigenvalue weighted by molar-refractivity contribution is 6.07. The largest absolute Gasteiger partial charge is 0.481 e. The molecule has 0 aliphatic heterocycles. The highest BCUT2D eigenvalue weighted by Gasteiger charge is 2.29. The number of benzene rings is 2. The molecule has 64 heavy (non-hydrogen) atoms. The number of fused-ring (bicyclic) bond motifs is 2. The quantitative estimate of drug-likeness (QED) is 0.0408. The lowest BCUT2D eigenvalue weighted by Gasteiger charge is -2.17. The second kappa shape index (κ2) is 23.4. The Labute approximate surface area is 363 Å². The maximum absolute atomic E-state index is 14.5. The first-order chi connectivity index (χ1) is 30.9. The number of rotatable bonds is 26. The van der Waals surface area contributed by atoms with Crippen molar-refractivity contribution >= 4 is 45.7 Å². The normalized spacial score (nSPS) is 11.6. The van der Waals surface area contributed by atoms with Crippen LogP contribution in [0.5, 0.6) is 23.0 Å². The van der Waals surface area contributed by atoms with E-state index in [1.54, 1.807) is 6.07 Å². The second-order valence-electron chi connectivity index (χ2n) is 13.6. The van der Waals surface area contributed by atoms with Crippen molar-refractivity contribution in [3.8, 4) is 34.1 Å². The zero-order chi connectivity index (χ0) is 46.2. The Kier molecular flexibility index (Phi) is 17.5. The van der Waals surface area contributed by atoms with Gasteiger partial charge in [-0.2, -0.15) is 0 Å². The Balaban J connectivity index is 1.48. The van der Waals surface area contributed by atoms with Crippen LogP contribution < -0.4 is 35.3 Å². The minimum absolute atomic E-state index is 0.0538. The van der Waals surface area contributed by atoms with Crippen molar-refractivity contribution in [2.45, 2.75) is 51.8 Å². The van der Waals surface area contributed by atoms with Crippen molar-refractivity contribution in [2.75, 3.05) is 62.2 Å². The molecule has 0 bridgehead atoms. The third kappa shape index (κ3) is 12.3. The van der Waals surface area contributed by atoms with Gasteiger partial charge in [-0.05, 0) is 25.0 Å². The van der Waals surface area contributed by atoms with Crippen LogP contribution in [-0.4, -0.2) is 117 Å². The lowest BCUT2D eigenvalue weighted by molar-refractivity contribution is -0.148. The Morgan fingerprint density at radius 3 is 2.20 bits per heavy atom. The van der Waals surface area contributed by atoms with Gasteiger partial charge >= 0.3 is 17.9 Å². The SMILES string of the molecule is CCCCOC(=O)[C@H](CCC(=O)O)NC(=O)Cn1cc(COC(=O)c2c(OCOC)c(OCOC)cc3occ(-c4cc5cc(OCOC)c(OCOC)cc5[nH]c4=O)c(=O)c23)nn1. The molecule has 2 aromatic carbocycles. The van der Waals surface area contributed by atoms with Crippen molar-refractivity contribution in [1.29, 1.82) is 0 Å². The van der Waals surface area contributed by atoms with Crippen molar-refractivity contribution in [2.24, 2.45) is 0 Å². The van der Waals surface area contributed by atoms with Crippen LogP contribution in [0.15, 0.2) is 50.7 Å². The molecule has 0 saturated heterocycles. The molecule has 23 heteroatoms. The van der Waals surface area contributed by atoms with E-state index in [-0.39, 0.29) is 84.2 Å². The number of nitrogens with one attached hydrogen (secondary N) is 2. The van der Waals surface area contributed by atoms with Crippen LogP contribution in [0.4, 0.5) is 0 Å². The molecular weight excluding hydrogens is 850 g/mol. The van der Waals surface area contributed by atoms with Gasteiger partial charge in [0.15, 0.2) is 50.2 Å². The molecule has 0 saturated carbocycles. The third-order valence-electron chi connectivity index (χ3n) is 8.96. The molecule has 0 aliphatic rings. The van der Waals surface area contributed by atoms with Crippen molar-refractivity contribution in [1.82, 2.24) is 25.3 Å². The van der Waals surface area contributed by atoms with Crippen LogP contribution in [0, 0.1) is 0 Å². The number of H-pyrrole nitrogens is 1. The van der Waals surface area contributed by atoms with Gasteiger partial charge in [0.05, 0.1) is 34.8 Å². The molecule has 1 amide bonds. The summed E-state index contributed by atoms with van der Waals surface area (Å²) in [6, 6.07) is 4.58. The van der Waals surface area contributed by atoms with E-state index < -0.39 is 72.8 Å². The van der Waals surface area contributed by atoms with Crippen LogP contribution in [0.2, 0.25) is 0 Å². The van der Waals surface area contributed by atoms with E-state index in [4.69, 9.17) is 56.9 Å². The van der Waals surface area contributed by atoms with Gasteiger partial charge < -0.3 is 67.2 Å². The molecule has 1 atom stereocenters. The number of carbonyl (C=O) groups is 4. The summed E-state index contributed by atoms with van der Waals surface area (Å²) < 4.78 is 60.7. The Hall–Kier alpha value is -7.08. The molecule has 344 valence electrons. The van der Waals surface area contributed by atoms with Gasteiger partial charge in [0, 0.05) is 52.4 Å². The number of carboxylic acids is 1. The smallest absolute Gasteiger partial charge is 0.343 e. The number of amides is 1. The Morgan fingerprint density at radius 2 is 1.53 bits per heavy atom. The number of nitrogens with zero attached hydrogens (tertiary/aromatic N) is 3. The molecule has 0 aliphatic carbocycles. The Morgan fingerprint density at radius 1 is 0.859 bits per heavy atom. The summed E-state index contributed by atoms with van der Waals surface area (Å²) in [7, 11) is 5.56. The van der Waals surface area contributed by atoms with Gasteiger partial charge in [-0.25, -0.2) is 14.3 Å². The summed E-state index contributed by atoms with van der Waals surface area (Å²) in [6.45, 7) is 0.0307. The first-order valence-electron chi connectivity index (χ1n) is 19.5. The predicted molar refractivity (Wildman–Crippen MR) is 220 cm³/mol. The first-order valence-corrected chi connectivity index (χ1v) is 19.5. The molecule has 0 fully saturated rings.